The van der Waals surface area contributed by atoms with Crippen LogP contribution in [0, 0.1) is 5.92 Å². The van der Waals surface area contributed by atoms with Crippen molar-refractivity contribution in [2.24, 2.45) is 11.0 Å². The van der Waals surface area contributed by atoms with Crippen LogP contribution in [-0.4, -0.2) is 11.7 Å². The van der Waals surface area contributed by atoms with Crippen molar-refractivity contribution in [3.05, 3.63) is 30.3 Å². The summed E-state index contributed by atoms with van der Waals surface area (Å²) in [4.78, 5) is 11.6. The topological polar surface area (TPSA) is 53.5 Å². The monoisotopic (exact) mass is 245 g/mol. The van der Waals surface area contributed by atoms with Crippen LogP contribution in [0.1, 0.15) is 32.6 Å². The van der Waals surface area contributed by atoms with E-state index >= 15 is 0 Å². The molecule has 18 heavy (non-hydrogen) atoms. The van der Waals surface area contributed by atoms with Gasteiger partial charge in [0.2, 0.25) is 0 Å². The lowest BCUT2D eigenvalue weighted by molar-refractivity contribution is 0.252. The highest BCUT2D eigenvalue weighted by molar-refractivity contribution is 5.92. The number of anilines is 1. The van der Waals surface area contributed by atoms with E-state index in [0.717, 1.165) is 17.8 Å². The Morgan fingerprint density at radius 3 is 2.78 bits per heavy atom. The molecule has 2 N–H and O–H groups in total. The quantitative estimate of drug-likeness (QED) is 0.771. The lowest BCUT2D eigenvalue weighted by Crippen LogP contribution is -2.27. The van der Waals surface area contributed by atoms with Gasteiger partial charge in [0.05, 0.1) is 0 Å². The SMILES string of the molecule is C[C@@H]1CCCC/C1=N/NC(=O)Nc1ccccc1. The number of amides is 2. The standard InChI is InChI=1S/C14H19N3O/c1-11-7-5-6-10-13(11)16-17-14(18)15-12-8-3-2-4-9-12/h2-4,8-9,11H,5-7,10H2,1H3,(H2,15,17,18)/b16-13-/t11-/m1/s1. The van der Waals surface area contributed by atoms with Crippen LogP contribution < -0.4 is 10.7 Å². The molecule has 0 saturated heterocycles. The molecule has 0 aromatic heterocycles. The minimum absolute atomic E-state index is 0.286. The molecule has 1 aromatic carbocycles. The van der Waals surface area contributed by atoms with Crippen LogP contribution in [-0.2, 0) is 0 Å². The van der Waals surface area contributed by atoms with Crippen molar-refractivity contribution in [3.63, 3.8) is 0 Å². The predicted molar refractivity (Wildman–Crippen MR) is 73.7 cm³/mol. The molecule has 1 aromatic rings. The van der Waals surface area contributed by atoms with Crippen molar-refractivity contribution in [1.82, 2.24) is 5.43 Å². The molecule has 0 spiro atoms. The normalized spacial score (nSPS) is 21.6. The molecule has 1 aliphatic rings. The Bertz CT molecular complexity index is 428. The van der Waals surface area contributed by atoms with E-state index in [9.17, 15) is 4.79 Å². The smallest absolute Gasteiger partial charge is 0.307 e. The van der Waals surface area contributed by atoms with E-state index in [1.165, 1.54) is 19.3 Å². The molecular formula is C14H19N3O. The third kappa shape index (κ3) is 3.58. The van der Waals surface area contributed by atoms with Crippen LogP contribution in [0.2, 0.25) is 0 Å². The van der Waals surface area contributed by atoms with Gasteiger partial charge in [0, 0.05) is 11.4 Å². The van der Waals surface area contributed by atoms with E-state index < -0.39 is 0 Å². The van der Waals surface area contributed by atoms with Crippen LogP contribution in [0.3, 0.4) is 0 Å². The Kier molecular flexibility index (Phi) is 4.34. The molecule has 0 radical (unpaired) electrons. The van der Waals surface area contributed by atoms with Crippen LogP contribution in [0.4, 0.5) is 10.5 Å². The van der Waals surface area contributed by atoms with E-state index in [1.807, 2.05) is 30.3 Å². The van der Waals surface area contributed by atoms with E-state index in [0.29, 0.717) is 5.92 Å². The van der Waals surface area contributed by atoms with Crippen molar-refractivity contribution in [3.8, 4) is 0 Å². The van der Waals surface area contributed by atoms with E-state index in [4.69, 9.17) is 0 Å². The van der Waals surface area contributed by atoms with Gasteiger partial charge in [0.25, 0.3) is 0 Å². The van der Waals surface area contributed by atoms with E-state index in [-0.39, 0.29) is 6.03 Å². The molecule has 4 heteroatoms. The Labute approximate surface area is 107 Å². The molecule has 0 aliphatic heterocycles. The van der Waals surface area contributed by atoms with Gasteiger partial charge in [-0.2, -0.15) is 5.10 Å². The molecule has 2 amide bonds. The van der Waals surface area contributed by atoms with Gasteiger partial charge in [0.15, 0.2) is 0 Å². The van der Waals surface area contributed by atoms with E-state index in [1.54, 1.807) is 0 Å². The number of nitrogens with zero attached hydrogens (tertiary/aromatic N) is 1. The maximum atomic E-state index is 11.6. The summed E-state index contributed by atoms with van der Waals surface area (Å²) in [5.41, 5.74) is 4.44. The number of urea groups is 1. The van der Waals surface area contributed by atoms with Crippen molar-refractivity contribution >= 4 is 17.4 Å². The zero-order valence-electron chi connectivity index (χ0n) is 10.6. The first-order valence-corrected chi connectivity index (χ1v) is 6.44. The van der Waals surface area contributed by atoms with Gasteiger partial charge < -0.3 is 5.32 Å². The fraction of sp³-hybridized carbons (Fsp3) is 0.429. The summed E-state index contributed by atoms with van der Waals surface area (Å²) in [5, 5.41) is 6.95. The fourth-order valence-corrected chi connectivity index (χ4v) is 2.14. The fourth-order valence-electron chi connectivity index (χ4n) is 2.14. The van der Waals surface area contributed by atoms with Crippen LogP contribution >= 0.6 is 0 Å². The molecule has 1 atom stereocenters. The zero-order valence-corrected chi connectivity index (χ0v) is 10.6. The van der Waals surface area contributed by atoms with Crippen molar-refractivity contribution < 1.29 is 4.79 Å². The predicted octanol–water partition coefficient (Wildman–Crippen LogP) is 3.37. The lowest BCUT2D eigenvalue weighted by atomic mass is 9.89. The Morgan fingerprint density at radius 2 is 2.06 bits per heavy atom. The van der Waals surface area contributed by atoms with Crippen LogP contribution in [0.25, 0.3) is 0 Å². The Morgan fingerprint density at radius 1 is 1.28 bits per heavy atom. The number of hydrogen-bond donors (Lipinski definition) is 2. The van der Waals surface area contributed by atoms with Gasteiger partial charge in [-0.1, -0.05) is 31.5 Å². The number of nitrogens with one attached hydrogen (secondary N) is 2. The Hall–Kier alpha value is -1.84. The van der Waals surface area contributed by atoms with Gasteiger partial charge in [-0.25, -0.2) is 10.2 Å². The molecule has 0 heterocycles. The summed E-state index contributed by atoms with van der Waals surface area (Å²) in [6.07, 6.45) is 4.59. The van der Waals surface area contributed by atoms with Gasteiger partial charge in [-0.3, -0.25) is 0 Å². The summed E-state index contributed by atoms with van der Waals surface area (Å²) in [6, 6.07) is 9.07. The summed E-state index contributed by atoms with van der Waals surface area (Å²) < 4.78 is 0. The number of para-hydroxylation sites is 1. The lowest BCUT2D eigenvalue weighted by Gasteiger charge is -2.19. The first-order chi connectivity index (χ1) is 8.75. The van der Waals surface area contributed by atoms with Gasteiger partial charge in [-0.05, 0) is 37.3 Å². The van der Waals surface area contributed by atoms with Crippen LogP contribution in [0.15, 0.2) is 35.4 Å². The van der Waals surface area contributed by atoms with Crippen molar-refractivity contribution in [1.29, 1.82) is 0 Å². The number of benzene rings is 1. The summed E-state index contributed by atoms with van der Waals surface area (Å²) in [5.74, 6) is 0.482. The summed E-state index contributed by atoms with van der Waals surface area (Å²) >= 11 is 0. The summed E-state index contributed by atoms with van der Waals surface area (Å²) in [7, 11) is 0. The third-order valence-electron chi connectivity index (χ3n) is 3.22. The third-order valence-corrected chi connectivity index (χ3v) is 3.22. The molecule has 2 rings (SSSR count). The van der Waals surface area contributed by atoms with Gasteiger partial charge >= 0.3 is 6.03 Å². The van der Waals surface area contributed by atoms with Gasteiger partial charge in [0.1, 0.15) is 0 Å². The Balaban J connectivity index is 1.86. The maximum absolute atomic E-state index is 11.6. The maximum Gasteiger partial charge on any atom is 0.339 e. The van der Waals surface area contributed by atoms with Crippen LogP contribution in [0.5, 0.6) is 0 Å². The molecule has 96 valence electrons. The van der Waals surface area contributed by atoms with Crippen molar-refractivity contribution in [2.45, 2.75) is 32.6 Å². The number of hydrogen-bond acceptors (Lipinski definition) is 2. The highest BCUT2D eigenvalue weighted by Gasteiger charge is 2.15. The van der Waals surface area contributed by atoms with Gasteiger partial charge in [-0.15, -0.1) is 0 Å². The number of carbonyl (C=O) groups is 1. The minimum atomic E-state index is -0.286. The first-order valence-electron chi connectivity index (χ1n) is 6.44. The minimum Gasteiger partial charge on any atom is -0.307 e. The zero-order chi connectivity index (χ0) is 12.8. The highest BCUT2D eigenvalue weighted by Crippen LogP contribution is 2.20. The average Bonchev–Trinajstić information content (AvgIpc) is 2.39. The highest BCUT2D eigenvalue weighted by atomic mass is 16.2. The molecule has 1 aliphatic carbocycles. The van der Waals surface area contributed by atoms with E-state index in [2.05, 4.69) is 22.8 Å². The molecular weight excluding hydrogens is 226 g/mol. The second-order valence-electron chi connectivity index (χ2n) is 4.68. The molecule has 1 saturated carbocycles. The molecule has 1 fully saturated rings. The van der Waals surface area contributed by atoms with Crippen molar-refractivity contribution in [2.75, 3.05) is 5.32 Å². The largest absolute Gasteiger partial charge is 0.339 e. The molecule has 4 nitrogen and oxygen atoms in total. The molecule has 0 bridgehead atoms. The second kappa shape index (κ2) is 6.19. The number of rotatable bonds is 2. The summed E-state index contributed by atoms with van der Waals surface area (Å²) in [6.45, 7) is 2.16. The second-order valence-corrected chi connectivity index (χ2v) is 4.68. The first kappa shape index (κ1) is 12.6. The molecule has 0 unspecified atom stereocenters. The number of hydrazone groups is 1. The number of carbonyl (C=O) groups excluding carboxylic acids is 1. The average molecular weight is 245 g/mol.